The average molecular weight is 410 g/mol. The zero-order chi connectivity index (χ0) is 16.4. The van der Waals surface area contributed by atoms with Crippen molar-refractivity contribution in [3.63, 3.8) is 0 Å². The number of carbonyl (C=O) groups excluding carboxylic acids is 1. The molecule has 0 saturated carbocycles. The molecule has 142 valence electrons. The summed E-state index contributed by atoms with van der Waals surface area (Å²) >= 11 is 6.26. The van der Waals surface area contributed by atoms with Crippen LogP contribution >= 0.6 is 36.4 Å². The minimum Gasteiger partial charge on any atom is -0.380 e. The molecule has 0 radical (unpaired) electrons. The Bertz CT molecular complexity index is 573. The average Bonchev–Trinajstić information content (AvgIpc) is 2.50. The summed E-state index contributed by atoms with van der Waals surface area (Å²) in [6.07, 6.45) is 2.50. The number of carbonyl (C=O) groups is 1. The van der Waals surface area contributed by atoms with Crippen molar-refractivity contribution in [3.05, 3.63) is 28.8 Å². The predicted octanol–water partition coefficient (Wildman–Crippen LogP) is 2.73. The molecule has 1 aromatic carbocycles. The van der Waals surface area contributed by atoms with E-state index in [1.54, 1.807) is 20.2 Å². The lowest BCUT2D eigenvalue weighted by Crippen LogP contribution is -2.60. The Morgan fingerprint density at radius 1 is 1.24 bits per heavy atom. The molecule has 25 heavy (non-hydrogen) atoms. The van der Waals surface area contributed by atoms with Crippen LogP contribution in [0.2, 0.25) is 5.02 Å². The van der Waals surface area contributed by atoms with E-state index in [0.717, 1.165) is 37.9 Å². The van der Waals surface area contributed by atoms with Crippen molar-refractivity contribution in [2.24, 2.45) is 0 Å². The van der Waals surface area contributed by atoms with Gasteiger partial charge in [0.15, 0.2) is 0 Å². The molecule has 2 N–H and O–H groups in total. The van der Waals surface area contributed by atoms with Crippen molar-refractivity contribution in [1.82, 2.24) is 15.1 Å². The van der Waals surface area contributed by atoms with E-state index in [1.807, 2.05) is 12.1 Å². The molecule has 0 atom stereocenters. The highest BCUT2D eigenvalue weighted by molar-refractivity contribution is 6.34. The molecule has 1 aromatic rings. The zero-order valence-corrected chi connectivity index (χ0v) is 17.0. The van der Waals surface area contributed by atoms with Gasteiger partial charge in [-0.1, -0.05) is 11.6 Å². The number of nitrogens with one attached hydrogen (secondary N) is 2. The van der Waals surface area contributed by atoms with Crippen LogP contribution in [0.15, 0.2) is 18.2 Å². The summed E-state index contributed by atoms with van der Waals surface area (Å²) in [5, 5.41) is 7.43. The fourth-order valence-electron chi connectivity index (χ4n) is 3.33. The van der Waals surface area contributed by atoms with Crippen molar-refractivity contribution in [1.29, 1.82) is 0 Å². The van der Waals surface area contributed by atoms with Gasteiger partial charge in [0, 0.05) is 38.9 Å². The Labute approximate surface area is 167 Å². The molecule has 5 nitrogen and oxygen atoms in total. The molecule has 2 aliphatic heterocycles. The molecule has 2 fully saturated rings. The van der Waals surface area contributed by atoms with Gasteiger partial charge in [0.25, 0.3) is 5.91 Å². The Morgan fingerprint density at radius 2 is 1.88 bits per heavy atom. The van der Waals surface area contributed by atoms with Crippen molar-refractivity contribution in [2.75, 3.05) is 45.6 Å². The minimum atomic E-state index is -0.0673. The van der Waals surface area contributed by atoms with Crippen LogP contribution in [0.25, 0.3) is 0 Å². The van der Waals surface area contributed by atoms with Crippen molar-refractivity contribution in [2.45, 2.75) is 24.9 Å². The fourth-order valence-corrected chi connectivity index (χ4v) is 3.59. The number of hydrogen-bond donors (Lipinski definition) is 2. The van der Waals surface area contributed by atoms with Crippen molar-refractivity contribution < 1.29 is 4.79 Å². The predicted molar refractivity (Wildman–Crippen MR) is 109 cm³/mol. The van der Waals surface area contributed by atoms with Gasteiger partial charge in [-0.15, -0.1) is 24.8 Å². The van der Waals surface area contributed by atoms with E-state index in [4.69, 9.17) is 11.6 Å². The Kier molecular flexibility index (Phi) is 8.78. The van der Waals surface area contributed by atoms with Gasteiger partial charge in [-0.25, -0.2) is 0 Å². The van der Waals surface area contributed by atoms with Crippen LogP contribution in [-0.2, 0) is 0 Å². The van der Waals surface area contributed by atoms with Gasteiger partial charge in [-0.2, -0.15) is 0 Å². The van der Waals surface area contributed by atoms with Gasteiger partial charge in [0.1, 0.15) is 0 Å². The van der Waals surface area contributed by atoms with E-state index >= 15 is 0 Å². The molecule has 2 heterocycles. The van der Waals surface area contributed by atoms with Crippen LogP contribution in [0.1, 0.15) is 23.2 Å². The van der Waals surface area contributed by atoms with Crippen molar-refractivity contribution in [3.8, 4) is 0 Å². The topological polar surface area (TPSA) is 47.6 Å². The number of hydrogen-bond acceptors (Lipinski definition) is 4. The first-order valence-corrected chi connectivity index (χ1v) is 8.65. The highest BCUT2D eigenvalue weighted by atomic mass is 35.5. The summed E-state index contributed by atoms with van der Waals surface area (Å²) in [5.74, 6) is -0.0673. The molecule has 0 unspecified atom stereocenters. The van der Waals surface area contributed by atoms with Crippen LogP contribution in [-0.4, -0.2) is 68.1 Å². The third-order valence-corrected chi connectivity index (χ3v) is 5.02. The third kappa shape index (κ3) is 5.38. The summed E-state index contributed by atoms with van der Waals surface area (Å²) in [4.78, 5) is 16.1. The summed E-state index contributed by atoms with van der Waals surface area (Å²) < 4.78 is 0. The number of halogens is 3. The third-order valence-electron chi connectivity index (χ3n) is 4.71. The van der Waals surface area contributed by atoms with E-state index < -0.39 is 0 Å². The van der Waals surface area contributed by atoms with E-state index in [0.29, 0.717) is 16.6 Å². The van der Waals surface area contributed by atoms with Gasteiger partial charge in [0.2, 0.25) is 0 Å². The maximum absolute atomic E-state index is 12.0. The van der Waals surface area contributed by atoms with Gasteiger partial charge >= 0.3 is 0 Å². The zero-order valence-electron chi connectivity index (χ0n) is 14.6. The molecule has 3 rings (SSSR count). The molecular formula is C17H27Cl3N4O. The SMILES string of the molecule is CN(C)C(=O)c1ccc(NC2CN(C3CCNCC3)C2)cc1Cl.Cl.Cl. The second-order valence-electron chi connectivity index (χ2n) is 6.67. The lowest BCUT2D eigenvalue weighted by atomic mass is 9.98. The summed E-state index contributed by atoms with van der Waals surface area (Å²) in [7, 11) is 3.46. The first-order chi connectivity index (χ1) is 11.0. The number of anilines is 1. The lowest BCUT2D eigenvalue weighted by molar-refractivity contribution is 0.0826. The van der Waals surface area contributed by atoms with Gasteiger partial charge in [0.05, 0.1) is 16.6 Å². The molecule has 8 heteroatoms. The van der Waals surface area contributed by atoms with Crippen molar-refractivity contribution >= 4 is 48.0 Å². The second kappa shape index (κ2) is 9.83. The smallest absolute Gasteiger partial charge is 0.254 e. The highest BCUT2D eigenvalue weighted by Crippen LogP contribution is 2.25. The number of amides is 1. The van der Waals surface area contributed by atoms with E-state index in [2.05, 4.69) is 15.5 Å². The molecule has 0 aliphatic carbocycles. The van der Waals surface area contributed by atoms with E-state index in [-0.39, 0.29) is 30.7 Å². The molecule has 1 amide bonds. The summed E-state index contributed by atoms with van der Waals surface area (Å²) in [5.41, 5.74) is 1.53. The number of piperidine rings is 1. The second-order valence-corrected chi connectivity index (χ2v) is 7.08. The van der Waals surface area contributed by atoms with Gasteiger partial charge in [-0.05, 0) is 44.1 Å². The monoisotopic (exact) mass is 408 g/mol. The lowest BCUT2D eigenvalue weighted by Gasteiger charge is -2.46. The normalized spacial score (nSPS) is 18.5. The van der Waals surface area contributed by atoms with E-state index in [1.165, 1.54) is 17.7 Å². The quantitative estimate of drug-likeness (QED) is 0.803. The maximum Gasteiger partial charge on any atom is 0.254 e. The van der Waals surface area contributed by atoms with Crippen LogP contribution < -0.4 is 10.6 Å². The highest BCUT2D eigenvalue weighted by Gasteiger charge is 2.32. The van der Waals surface area contributed by atoms with Crippen LogP contribution in [0.5, 0.6) is 0 Å². The molecule has 0 bridgehead atoms. The van der Waals surface area contributed by atoms with Crippen LogP contribution in [0, 0.1) is 0 Å². The van der Waals surface area contributed by atoms with E-state index in [9.17, 15) is 4.79 Å². The number of rotatable bonds is 4. The number of nitrogens with zero attached hydrogens (tertiary/aromatic N) is 2. The molecule has 0 spiro atoms. The Balaban J connectivity index is 0.00000156. The molecule has 2 aliphatic rings. The molecular weight excluding hydrogens is 383 g/mol. The Morgan fingerprint density at radius 3 is 2.44 bits per heavy atom. The first kappa shape index (κ1) is 22.3. The molecule has 0 aromatic heterocycles. The van der Waals surface area contributed by atoms with Crippen LogP contribution in [0.4, 0.5) is 5.69 Å². The first-order valence-electron chi connectivity index (χ1n) is 8.27. The maximum atomic E-state index is 12.0. The minimum absolute atomic E-state index is 0. The Hall–Kier alpha value is -0.720. The number of benzene rings is 1. The van der Waals surface area contributed by atoms with Gasteiger partial charge in [-0.3, -0.25) is 9.69 Å². The van der Waals surface area contributed by atoms with Gasteiger partial charge < -0.3 is 15.5 Å². The summed E-state index contributed by atoms with van der Waals surface area (Å²) in [6.45, 7) is 4.44. The van der Waals surface area contributed by atoms with Crippen LogP contribution in [0.3, 0.4) is 0 Å². The summed E-state index contributed by atoms with van der Waals surface area (Å²) in [6, 6.07) is 6.80. The fraction of sp³-hybridized carbons (Fsp3) is 0.588. The molecule has 2 saturated heterocycles. The largest absolute Gasteiger partial charge is 0.380 e. The standard InChI is InChI=1S/C17H25ClN4O.2ClH/c1-21(2)17(23)15-4-3-12(9-16(15)18)20-13-10-22(11-13)14-5-7-19-8-6-14;;/h3-4,9,13-14,19-20H,5-8,10-11H2,1-2H3;2*1H. The number of likely N-dealkylation sites (tertiary alicyclic amines) is 1.